The van der Waals surface area contributed by atoms with Crippen molar-refractivity contribution in [1.29, 1.82) is 0 Å². The fourth-order valence-corrected chi connectivity index (χ4v) is 1.44. The molecule has 21 heavy (non-hydrogen) atoms. The highest BCUT2D eigenvalue weighted by atomic mass is 19.4. The summed E-state index contributed by atoms with van der Waals surface area (Å²) >= 11 is 0. The lowest BCUT2D eigenvalue weighted by molar-refractivity contribution is -0.123. The molecule has 0 aliphatic heterocycles. The van der Waals surface area contributed by atoms with Gasteiger partial charge in [-0.2, -0.15) is 13.2 Å². The fraction of sp³-hybridized carbons (Fsp3) is 0.154. The minimum atomic E-state index is -4.45. The summed E-state index contributed by atoms with van der Waals surface area (Å²) in [7, 11) is 0. The van der Waals surface area contributed by atoms with Crippen molar-refractivity contribution in [2.24, 2.45) is 0 Å². The molecule has 110 valence electrons. The zero-order valence-corrected chi connectivity index (χ0v) is 10.7. The van der Waals surface area contributed by atoms with E-state index >= 15 is 0 Å². The van der Waals surface area contributed by atoms with Gasteiger partial charge in [-0.25, -0.2) is 9.97 Å². The van der Waals surface area contributed by atoms with E-state index < -0.39 is 18.6 Å². The minimum Gasteiger partial charge on any atom is -0.343 e. The van der Waals surface area contributed by atoms with Crippen LogP contribution in [0.1, 0.15) is 10.4 Å². The van der Waals surface area contributed by atoms with Crippen molar-refractivity contribution in [3.63, 3.8) is 0 Å². The van der Waals surface area contributed by atoms with Gasteiger partial charge in [0.25, 0.3) is 5.91 Å². The summed E-state index contributed by atoms with van der Waals surface area (Å²) in [4.78, 5) is 19.2. The predicted octanol–water partition coefficient (Wildman–Crippen LogP) is 2.51. The molecule has 2 rings (SSSR count). The van der Waals surface area contributed by atoms with Crippen LogP contribution in [0.25, 0.3) is 0 Å². The lowest BCUT2D eigenvalue weighted by Gasteiger charge is -2.08. The van der Waals surface area contributed by atoms with E-state index in [2.05, 4.69) is 15.3 Å². The van der Waals surface area contributed by atoms with Crippen LogP contribution in [0.4, 0.5) is 24.8 Å². The Kier molecular flexibility index (Phi) is 4.36. The summed E-state index contributed by atoms with van der Waals surface area (Å²) in [6.07, 6.45) is -2.14. The number of hydrogen-bond acceptors (Lipinski definition) is 4. The molecule has 0 unspecified atom stereocenters. The topological polar surface area (TPSA) is 66.9 Å². The van der Waals surface area contributed by atoms with E-state index in [1.807, 2.05) is 18.2 Å². The first-order valence-electron chi connectivity index (χ1n) is 5.93. The maximum absolute atomic E-state index is 12.0. The van der Waals surface area contributed by atoms with Gasteiger partial charge in [0.05, 0.1) is 5.56 Å². The number of hydrogen-bond donors (Lipinski definition) is 2. The van der Waals surface area contributed by atoms with Gasteiger partial charge in [0, 0.05) is 18.1 Å². The number of anilines is 2. The number of carbonyl (C=O) groups excluding carboxylic acids is 1. The third-order valence-electron chi connectivity index (χ3n) is 2.39. The first-order chi connectivity index (χ1) is 9.94. The van der Waals surface area contributed by atoms with Gasteiger partial charge in [-0.05, 0) is 12.1 Å². The molecule has 0 atom stereocenters. The second-order valence-corrected chi connectivity index (χ2v) is 4.08. The number of halogens is 3. The highest BCUT2D eigenvalue weighted by Crippen LogP contribution is 2.13. The average Bonchev–Trinajstić information content (AvgIpc) is 2.46. The van der Waals surface area contributed by atoms with Gasteiger partial charge in [0.15, 0.2) is 0 Å². The van der Waals surface area contributed by atoms with Crippen molar-refractivity contribution >= 4 is 17.5 Å². The summed E-state index contributed by atoms with van der Waals surface area (Å²) in [5.74, 6) is -0.632. The molecule has 0 spiro atoms. The van der Waals surface area contributed by atoms with Crippen LogP contribution in [0.3, 0.4) is 0 Å². The molecule has 2 N–H and O–H groups in total. The smallest absolute Gasteiger partial charge is 0.343 e. The van der Waals surface area contributed by atoms with E-state index in [4.69, 9.17) is 0 Å². The van der Waals surface area contributed by atoms with E-state index in [0.717, 1.165) is 18.1 Å². The quantitative estimate of drug-likeness (QED) is 0.909. The second kappa shape index (κ2) is 6.21. The van der Waals surface area contributed by atoms with Gasteiger partial charge >= 0.3 is 6.18 Å². The van der Waals surface area contributed by atoms with Crippen LogP contribution in [0, 0.1) is 0 Å². The molecule has 5 nitrogen and oxygen atoms in total. The van der Waals surface area contributed by atoms with Crippen LogP contribution >= 0.6 is 0 Å². The number of nitrogens with zero attached hydrogens (tertiary/aromatic N) is 2. The van der Waals surface area contributed by atoms with Crippen molar-refractivity contribution < 1.29 is 18.0 Å². The summed E-state index contributed by atoms with van der Waals surface area (Å²) in [6.45, 7) is -1.39. The Balaban J connectivity index is 1.97. The van der Waals surface area contributed by atoms with Crippen LogP contribution < -0.4 is 10.6 Å². The molecule has 1 aromatic carbocycles. The lowest BCUT2D eigenvalue weighted by atomic mass is 10.3. The largest absolute Gasteiger partial charge is 0.405 e. The lowest BCUT2D eigenvalue weighted by Crippen LogP contribution is -2.33. The molecule has 0 bridgehead atoms. The van der Waals surface area contributed by atoms with Crippen LogP contribution in [-0.2, 0) is 0 Å². The number of para-hydroxylation sites is 1. The molecular formula is C13H11F3N4O. The van der Waals surface area contributed by atoms with E-state index in [9.17, 15) is 18.0 Å². The maximum Gasteiger partial charge on any atom is 0.405 e. The normalized spacial score (nSPS) is 11.0. The fourth-order valence-electron chi connectivity index (χ4n) is 1.44. The van der Waals surface area contributed by atoms with E-state index in [1.165, 1.54) is 0 Å². The van der Waals surface area contributed by atoms with E-state index in [0.29, 0.717) is 0 Å². The Morgan fingerprint density at radius 2 is 1.71 bits per heavy atom. The van der Waals surface area contributed by atoms with Gasteiger partial charge < -0.3 is 10.6 Å². The van der Waals surface area contributed by atoms with Gasteiger partial charge in [-0.15, -0.1) is 0 Å². The molecule has 0 fully saturated rings. The molecule has 0 saturated carbocycles. The van der Waals surface area contributed by atoms with Crippen LogP contribution in [0.2, 0.25) is 0 Å². The molecule has 1 aromatic heterocycles. The molecule has 2 aromatic rings. The van der Waals surface area contributed by atoms with Crippen LogP contribution in [-0.4, -0.2) is 28.6 Å². The average molecular weight is 296 g/mol. The Morgan fingerprint density at radius 3 is 2.29 bits per heavy atom. The van der Waals surface area contributed by atoms with Gasteiger partial charge in [-0.3, -0.25) is 4.79 Å². The van der Waals surface area contributed by atoms with E-state index in [1.54, 1.807) is 17.4 Å². The first kappa shape index (κ1) is 14.8. The Morgan fingerprint density at radius 1 is 1.10 bits per heavy atom. The number of benzene rings is 1. The molecule has 1 heterocycles. The minimum absolute atomic E-state index is 0.0436. The van der Waals surface area contributed by atoms with E-state index in [-0.39, 0.29) is 11.5 Å². The number of aromatic nitrogens is 2. The Hall–Kier alpha value is -2.64. The third kappa shape index (κ3) is 4.75. The van der Waals surface area contributed by atoms with Gasteiger partial charge in [0.1, 0.15) is 6.54 Å². The Bertz CT molecular complexity index is 599. The molecule has 8 heteroatoms. The van der Waals surface area contributed by atoms with Crippen molar-refractivity contribution in [2.45, 2.75) is 6.18 Å². The predicted molar refractivity (Wildman–Crippen MR) is 70.1 cm³/mol. The van der Waals surface area contributed by atoms with Crippen molar-refractivity contribution in [3.8, 4) is 0 Å². The van der Waals surface area contributed by atoms with Crippen molar-refractivity contribution in [3.05, 3.63) is 48.3 Å². The van der Waals surface area contributed by atoms with Crippen molar-refractivity contribution in [1.82, 2.24) is 15.3 Å². The molecular weight excluding hydrogens is 285 g/mol. The zero-order chi connectivity index (χ0) is 15.3. The molecule has 0 radical (unpaired) electrons. The summed E-state index contributed by atoms with van der Waals surface area (Å²) in [6, 6.07) is 9.09. The summed E-state index contributed by atoms with van der Waals surface area (Å²) in [5, 5.41) is 4.64. The maximum atomic E-state index is 12.0. The van der Waals surface area contributed by atoms with Crippen molar-refractivity contribution in [2.75, 3.05) is 11.9 Å². The molecule has 0 aliphatic rings. The monoisotopic (exact) mass is 296 g/mol. The van der Waals surface area contributed by atoms with Crippen LogP contribution in [0.15, 0.2) is 42.7 Å². The molecule has 1 amide bonds. The second-order valence-electron chi connectivity index (χ2n) is 4.08. The first-order valence-corrected chi connectivity index (χ1v) is 5.93. The summed E-state index contributed by atoms with van der Waals surface area (Å²) < 4.78 is 35.9. The van der Waals surface area contributed by atoms with Gasteiger partial charge in [-0.1, -0.05) is 18.2 Å². The molecule has 0 saturated heterocycles. The number of carbonyl (C=O) groups is 1. The number of rotatable bonds is 4. The molecule has 0 aliphatic carbocycles. The van der Waals surface area contributed by atoms with Gasteiger partial charge in [0.2, 0.25) is 5.95 Å². The summed E-state index contributed by atoms with van der Waals surface area (Å²) in [5.41, 5.74) is 0.713. The highest BCUT2D eigenvalue weighted by molar-refractivity contribution is 5.93. The number of nitrogens with one attached hydrogen (secondary N) is 2. The number of amides is 1. The highest BCUT2D eigenvalue weighted by Gasteiger charge is 2.27. The zero-order valence-electron chi connectivity index (χ0n) is 10.7. The number of alkyl halides is 3. The standard InChI is InChI=1S/C13H11F3N4O/c14-13(15,16)8-19-11(21)9-6-17-12(18-7-9)20-10-4-2-1-3-5-10/h1-7H,8H2,(H,19,21)(H,17,18,20). The SMILES string of the molecule is O=C(NCC(F)(F)F)c1cnc(Nc2ccccc2)nc1. The third-order valence-corrected chi connectivity index (χ3v) is 2.39. The van der Waals surface area contributed by atoms with Crippen LogP contribution in [0.5, 0.6) is 0 Å². The Labute approximate surface area is 118 Å².